The molecule has 0 aliphatic carbocycles. The summed E-state index contributed by atoms with van der Waals surface area (Å²) in [5.41, 5.74) is 0.515. The van der Waals surface area contributed by atoms with Crippen LogP contribution in [0.25, 0.3) is 0 Å². The quantitative estimate of drug-likeness (QED) is 0.184. The zero-order valence-corrected chi connectivity index (χ0v) is 18.0. The van der Waals surface area contributed by atoms with Gasteiger partial charge >= 0.3 is 5.97 Å². The summed E-state index contributed by atoms with van der Waals surface area (Å²) in [7, 11) is 0. The predicted molar refractivity (Wildman–Crippen MR) is 115 cm³/mol. The van der Waals surface area contributed by atoms with Gasteiger partial charge in [-0.05, 0) is 25.7 Å². The molecule has 2 nitrogen and oxygen atoms in total. The Labute approximate surface area is 163 Å². The summed E-state index contributed by atoms with van der Waals surface area (Å²) in [6.07, 6.45) is 24.7. The summed E-state index contributed by atoms with van der Waals surface area (Å²) in [5.74, 6) is -0.310. The molecule has 0 aromatic rings. The maximum atomic E-state index is 11.0. The first-order valence-corrected chi connectivity index (χ1v) is 11.5. The molecule has 0 radical (unpaired) electrons. The Morgan fingerprint density at radius 2 is 1.08 bits per heavy atom. The second-order valence-corrected chi connectivity index (χ2v) is 8.09. The van der Waals surface area contributed by atoms with Gasteiger partial charge in [0.2, 0.25) is 0 Å². The highest BCUT2D eigenvalue weighted by Crippen LogP contribution is 2.21. The molecular weight excluding hydrogens is 320 g/mol. The Kier molecular flexibility index (Phi) is 18.4. The van der Waals surface area contributed by atoms with E-state index in [0.717, 1.165) is 12.8 Å². The van der Waals surface area contributed by atoms with Crippen LogP contribution < -0.4 is 0 Å². The Hall–Kier alpha value is -0.790. The molecule has 1 unspecified atom stereocenters. The molecular formula is C24H46O2. The van der Waals surface area contributed by atoms with Crippen LogP contribution in [-0.2, 0) is 4.79 Å². The van der Waals surface area contributed by atoms with E-state index in [0.29, 0.717) is 11.5 Å². The van der Waals surface area contributed by atoms with Crippen molar-refractivity contribution >= 4 is 5.97 Å². The molecule has 0 aromatic carbocycles. The SMILES string of the molecule is CCCCCCCCCCCCCCCC(C=C(C)C(=O)O)CCCC. The van der Waals surface area contributed by atoms with Crippen LogP contribution in [-0.4, -0.2) is 11.1 Å². The standard InChI is InChI=1S/C24H46O2/c1-4-6-8-9-10-11-12-13-14-15-16-17-18-20-23(19-7-5-2)21-22(3)24(25)26/h21,23H,4-20H2,1-3H3,(H,25,26). The van der Waals surface area contributed by atoms with Crippen LogP contribution in [0.5, 0.6) is 0 Å². The highest BCUT2D eigenvalue weighted by Gasteiger charge is 2.08. The fourth-order valence-electron chi connectivity index (χ4n) is 3.63. The van der Waals surface area contributed by atoms with Crippen LogP contribution in [0, 0.1) is 5.92 Å². The van der Waals surface area contributed by atoms with Gasteiger partial charge in [0.25, 0.3) is 0 Å². The van der Waals surface area contributed by atoms with Gasteiger partial charge < -0.3 is 5.11 Å². The number of rotatable bonds is 19. The van der Waals surface area contributed by atoms with E-state index in [9.17, 15) is 4.79 Å². The second-order valence-electron chi connectivity index (χ2n) is 8.09. The number of hydrogen-bond acceptors (Lipinski definition) is 1. The van der Waals surface area contributed by atoms with Crippen LogP contribution in [0.2, 0.25) is 0 Å². The molecule has 0 rings (SSSR count). The summed E-state index contributed by atoms with van der Waals surface area (Å²) in [6, 6.07) is 0. The number of carboxylic acids is 1. The first-order chi connectivity index (χ1) is 12.6. The lowest BCUT2D eigenvalue weighted by Gasteiger charge is -2.13. The monoisotopic (exact) mass is 366 g/mol. The first kappa shape index (κ1) is 25.2. The van der Waals surface area contributed by atoms with Crippen LogP contribution in [0.1, 0.15) is 130 Å². The normalized spacial score (nSPS) is 13.1. The van der Waals surface area contributed by atoms with Crippen molar-refractivity contribution in [2.45, 2.75) is 130 Å². The van der Waals surface area contributed by atoms with Gasteiger partial charge in [-0.25, -0.2) is 4.79 Å². The molecule has 2 heteroatoms. The maximum Gasteiger partial charge on any atom is 0.330 e. The van der Waals surface area contributed by atoms with Gasteiger partial charge in [-0.1, -0.05) is 116 Å². The lowest BCUT2D eigenvalue weighted by atomic mass is 9.93. The summed E-state index contributed by atoms with van der Waals surface area (Å²) in [4.78, 5) is 11.0. The van der Waals surface area contributed by atoms with Crippen molar-refractivity contribution in [2.24, 2.45) is 5.92 Å². The van der Waals surface area contributed by atoms with Gasteiger partial charge in [-0.2, -0.15) is 0 Å². The molecule has 0 spiro atoms. The van der Waals surface area contributed by atoms with E-state index < -0.39 is 5.97 Å². The van der Waals surface area contributed by atoms with Gasteiger partial charge in [0.1, 0.15) is 0 Å². The smallest absolute Gasteiger partial charge is 0.330 e. The highest BCUT2D eigenvalue weighted by molar-refractivity contribution is 5.85. The Morgan fingerprint density at radius 1 is 0.692 bits per heavy atom. The summed E-state index contributed by atoms with van der Waals surface area (Å²) < 4.78 is 0. The Balaban J connectivity index is 3.60. The van der Waals surface area contributed by atoms with Gasteiger partial charge in [0.05, 0.1) is 0 Å². The van der Waals surface area contributed by atoms with Crippen molar-refractivity contribution in [3.63, 3.8) is 0 Å². The van der Waals surface area contributed by atoms with Crippen molar-refractivity contribution in [1.29, 1.82) is 0 Å². The van der Waals surface area contributed by atoms with E-state index in [1.54, 1.807) is 6.92 Å². The average Bonchev–Trinajstić information content (AvgIpc) is 2.63. The van der Waals surface area contributed by atoms with E-state index in [1.165, 1.54) is 96.3 Å². The van der Waals surface area contributed by atoms with Gasteiger partial charge in [-0.15, -0.1) is 0 Å². The number of carboxylic acid groups (broad SMARTS) is 1. The third-order valence-electron chi connectivity index (χ3n) is 5.43. The highest BCUT2D eigenvalue weighted by atomic mass is 16.4. The average molecular weight is 367 g/mol. The molecule has 0 aliphatic rings. The van der Waals surface area contributed by atoms with Crippen molar-refractivity contribution in [3.8, 4) is 0 Å². The maximum absolute atomic E-state index is 11.0. The molecule has 0 bridgehead atoms. The summed E-state index contributed by atoms with van der Waals surface area (Å²) in [6.45, 7) is 6.21. The third kappa shape index (κ3) is 16.7. The van der Waals surface area contributed by atoms with Crippen molar-refractivity contribution in [1.82, 2.24) is 0 Å². The molecule has 154 valence electrons. The largest absolute Gasteiger partial charge is 0.478 e. The second kappa shape index (κ2) is 19.0. The fourth-order valence-corrected chi connectivity index (χ4v) is 3.63. The number of carbonyl (C=O) groups is 1. The molecule has 0 saturated carbocycles. The van der Waals surface area contributed by atoms with E-state index in [4.69, 9.17) is 5.11 Å². The Bertz CT molecular complexity index is 346. The molecule has 0 amide bonds. The molecule has 0 aliphatic heterocycles. The number of aliphatic carboxylic acids is 1. The van der Waals surface area contributed by atoms with E-state index >= 15 is 0 Å². The van der Waals surface area contributed by atoms with E-state index in [-0.39, 0.29) is 0 Å². The summed E-state index contributed by atoms with van der Waals surface area (Å²) >= 11 is 0. The lowest BCUT2D eigenvalue weighted by Crippen LogP contribution is -2.03. The molecule has 0 aromatic heterocycles. The zero-order chi connectivity index (χ0) is 19.5. The zero-order valence-electron chi connectivity index (χ0n) is 18.0. The minimum absolute atomic E-state index is 0.457. The third-order valence-corrected chi connectivity index (χ3v) is 5.43. The molecule has 1 N–H and O–H groups in total. The Morgan fingerprint density at radius 3 is 1.50 bits per heavy atom. The van der Waals surface area contributed by atoms with Crippen LogP contribution in [0.15, 0.2) is 11.6 Å². The van der Waals surface area contributed by atoms with Crippen molar-refractivity contribution < 1.29 is 9.90 Å². The lowest BCUT2D eigenvalue weighted by molar-refractivity contribution is -0.132. The van der Waals surface area contributed by atoms with E-state index in [2.05, 4.69) is 13.8 Å². The van der Waals surface area contributed by atoms with Crippen molar-refractivity contribution in [3.05, 3.63) is 11.6 Å². The minimum Gasteiger partial charge on any atom is -0.478 e. The van der Waals surface area contributed by atoms with Crippen LogP contribution >= 0.6 is 0 Å². The van der Waals surface area contributed by atoms with Gasteiger partial charge in [0.15, 0.2) is 0 Å². The minimum atomic E-state index is -0.767. The topological polar surface area (TPSA) is 37.3 Å². The number of allylic oxidation sites excluding steroid dienone is 1. The predicted octanol–water partition coefficient (Wildman–Crippen LogP) is 8.31. The number of hydrogen-bond donors (Lipinski definition) is 1. The fraction of sp³-hybridized carbons (Fsp3) is 0.875. The van der Waals surface area contributed by atoms with Crippen LogP contribution in [0.3, 0.4) is 0 Å². The molecule has 26 heavy (non-hydrogen) atoms. The first-order valence-electron chi connectivity index (χ1n) is 11.5. The molecule has 0 fully saturated rings. The molecule has 1 atom stereocenters. The van der Waals surface area contributed by atoms with Crippen LogP contribution in [0.4, 0.5) is 0 Å². The van der Waals surface area contributed by atoms with Crippen molar-refractivity contribution in [2.75, 3.05) is 0 Å². The summed E-state index contributed by atoms with van der Waals surface area (Å²) in [5, 5.41) is 9.07. The van der Waals surface area contributed by atoms with E-state index in [1.807, 2.05) is 6.08 Å². The van der Waals surface area contributed by atoms with Gasteiger partial charge in [0, 0.05) is 5.57 Å². The molecule has 0 saturated heterocycles. The number of unbranched alkanes of at least 4 members (excludes halogenated alkanes) is 13. The molecule has 0 heterocycles. The van der Waals surface area contributed by atoms with Gasteiger partial charge in [-0.3, -0.25) is 0 Å².